The van der Waals surface area contributed by atoms with Gasteiger partial charge in [0.1, 0.15) is 5.60 Å². The summed E-state index contributed by atoms with van der Waals surface area (Å²) in [5.74, 6) is 0. The molecule has 0 aliphatic heterocycles. The van der Waals surface area contributed by atoms with Crippen LogP contribution in [0.3, 0.4) is 0 Å². The molecule has 0 heterocycles. The van der Waals surface area contributed by atoms with Crippen LogP contribution in [-0.2, 0) is 4.74 Å². The van der Waals surface area contributed by atoms with Crippen molar-refractivity contribution in [2.45, 2.75) is 45.4 Å². The molecule has 0 fully saturated rings. The fourth-order valence-corrected chi connectivity index (χ4v) is 0.844. The fourth-order valence-electron chi connectivity index (χ4n) is 0.844. The van der Waals surface area contributed by atoms with Crippen LogP contribution < -0.4 is 5.32 Å². The van der Waals surface area contributed by atoms with Crippen molar-refractivity contribution in [2.24, 2.45) is 0 Å². The van der Waals surface area contributed by atoms with Crippen LogP contribution in [0.15, 0.2) is 18.4 Å². The quantitative estimate of drug-likeness (QED) is 0.700. The van der Waals surface area contributed by atoms with Gasteiger partial charge in [-0.15, -0.1) is 5.73 Å². The SMILES string of the molecule is C=C=C[C@H](O)[C@H](C)NC(=O)OC(C)(C)C. The monoisotopic (exact) mass is 213 g/mol. The second-order valence-corrected chi connectivity index (χ2v) is 4.30. The maximum Gasteiger partial charge on any atom is 0.407 e. The maximum atomic E-state index is 11.3. The molecule has 1 amide bonds. The summed E-state index contributed by atoms with van der Waals surface area (Å²) in [5, 5.41) is 11.9. The predicted octanol–water partition coefficient (Wildman–Crippen LogP) is 1.60. The number of hydrogen-bond donors (Lipinski definition) is 2. The van der Waals surface area contributed by atoms with Gasteiger partial charge in [0.05, 0.1) is 12.1 Å². The molecule has 2 N–H and O–H groups in total. The van der Waals surface area contributed by atoms with Crippen LogP contribution in [0.1, 0.15) is 27.7 Å². The normalized spacial score (nSPS) is 14.7. The highest BCUT2D eigenvalue weighted by atomic mass is 16.6. The molecule has 15 heavy (non-hydrogen) atoms. The molecule has 0 saturated carbocycles. The fraction of sp³-hybridized carbons (Fsp3) is 0.636. The second kappa shape index (κ2) is 5.59. The lowest BCUT2D eigenvalue weighted by atomic mass is 10.2. The summed E-state index contributed by atoms with van der Waals surface area (Å²) >= 11 is 0. The van der Waals surface area contributed by atoms with Crippen molar-refractivity contribution in [2.75, 3.05) is 0 Å². The molecule has 2 atom stereocenters. The topological polar surface area (TPSA) is 58.6 Å². The minimum atomic E-state index is -0.810. The lowest BCUT2D eigenvalue weighted by Crippen LogP contribution is -2.42. The second-order valence-electron chi connectivity index (χ2n) is 4.30. The lowest BCUT2D eigenvalue weighted by molar-refractivity contribution is 0.0465. The van der Waals surface area contributed by atoms with E-state index in [4.69, 9.17) is 4.74 Å². The number of ether oxygens (including phenoxy) is 1. The van der Waals surface area contributed by atoms with Gasteiger partial charge in [-0.2, -0.15) is 0 Å². The summed E-state index contributed by atoms with van der Waals surface area (Å²) in [6, 6.07) is -0.436. The van der Waals surface area contributed by atoms with Crippen molar-refractivity contribution in [3.8, 4) is 0 Å². The zero-order chi connectivity index (χ0) is 12.1. The van der Waals surface area contributed by atoms with Crippen molar-refractivity contribution in [1.82, 2.24) is 5.32 Å². The number of carbonyl (C=O) groups excluding carboxylic acids is 1. The highest BCUT2D eigenvalue weighted by Crippen LogP contribution is 2.07. The molecular weight excluding hydrogens is 194 g/mol. The van der Waals surface area contributed by atoms with Gasteiger partial charge in [-0.25, -0.2) is 4.79 Å². The molecule has 0 aromatic heterocycles. The Hall–Kier alpha value is -1.25. The Morgan fingerprint density at radius 2 is 2.13 bits per heavy atom. The molecule has 0 rings (SSSR count). The van der Waals surface area contributed by atoms with E-state index in [-0.39, 0.29) is 0 Å². The van der Waals surface area contributed by atoms with Gasteiger partial charge in [0.15, 0.2) is 0 Å². The summed E-state index contributed by atoms with van der Waals surface area (Å²) in [7, 11) is 0. The number of nitrogens with one attached hydrogen (secondary N) is 1. The molecule has 0 bridgehead atoms. The number of amides is 1. The molecule has 4 heteroatoms. The molecule has 0 spiro atoms. The van der Waals surface area contributed by atoms with Crippen LogP contribution in [0.4, 0.5) is 4.79 Å². The highest BCUT2D eigenvalue weighted by molar-refractivity contribution is 5.68. The Morgan fingerprint density at radius 3 is 2.53 bits per heavy atom. The largest absolute Gasteiger partial charge is 0.444 e. The van der Waals surface area contributed by atoms with Gasteiger partial charge >= 0.3 is 6.09 Å². The maximum absolute atomic E-state index is 11.3. The van der Waals surface area contributed by atoms with Crippen molar-refractivity contribution in [3.05, 3.63) is 18.4 Å². The first-order valence-corrected chi connectivity index (χ1v) is 4.80. The van der Waals surface area contributed by atoms with Gasteiger partial charge in [-0.1, -0.05) is 6.58 Å². The first-order chi connectivity index (χ1) is 6.76. The standard InChI is InChI=1S/C11H19NO3/c1-6-7-9(13)8(2)12-10(14)15-11(3,4)5/h7-9,13H,1H2,2-5H3,(H,12,14)/t8-,9-/m0/s1. The van der Waals surface area contributed by atoms with Crippen LogP contribution in [0.25, 0.3) is 0 Å². The van der Waals surface area contributed by atoms with E-state index in [2.05, 4.69) is 17.6 Å². The Bertz CT molecular complexity index is 261. The van der Waals surface area contributed by atoms with Crippen molar-refractivity contribution in [1.29, 1.82) is 0 Å². The van der Waals surface area contributed by atoms with Crippen LogP contribution in [0.5, 0.6) is 0 Å². The molecule has 0 aliphatic rings. The van der Waals surface area contributed by atoms with Gasteiger partial charge in [-0.3, -0.25) is 0 Å². The Morgan fingerprint density at radius 1 is 1.60 bits per heavy atom. The Labute approximate surface area is 90.6 Å². The third-order valence-electron chi connectivity index (χ3n) is 1.55. The van der Waals surface area contributed by atoms with E-state index < -0.39 is 23.8 Å². The van der Waals surface area contributed by atoms with Crippen LogP contribution in [0, 0.1) is 0 Å². The minimum absolute atomic E-state index is 0.436. The van der Waals surface area contributed by atoms with E-state index in [1.54, 1.807) is 27.7 Å². The first-order valence-electron chi connectivity index (χ1n) is 4.80. The Kier molecular flexibility index (Phi) is 5.12. The Balaban J connectivity index is 4.13. The van der Waals surface area contributed by atoms with Gasteiger partial charge in [0.2, 0.25) is 0 Å². The number of aliphatic hydroxyl groups excluding tert-OH is 1. The number of alkyl carbamates (subject to hydrolysis) is 1. The van der Waals surface area contributed by atoms with E-state index in [0.29, 0.717) is 0 Å². The van der Waals surface area contributed by atoms with Crippen molar-refractivity contribution < 1.29 is 14.6 Å². The summed E-state index contributed by atoms with van der Waals surface area (Å²) in [5.41, 5.74) is 1.91. The molecule has 0 radical (unpaired) electrons. The number of hydrogen-bond acceptors (Lipinski definition) is 3. The van der Waals surface area contributed by atoms with Crippen LogP contribution in [0.2, 0.25) is 0 Å². The van der Waals surface area contributed by atoms with Gasteiger partial charge < -0.3 is 15.2 Å². The van der Waals surface area contributed by atoms with E-state index in [1.807, 2.05) is 0 Å². The zero-order valence-corrected chi connectivity index (χ0v) is 9.70. The van der Waals surface area contributed by atoms with Gasteiger partial charge in [0, 0.05) is 0 Å². The molecule has 86 valence electrons. The average Bonchev–Trinajstić information content (AvgIpc) is 2.00. The van der Waals surface area contributed by atoms with Gasteiger partial charge in [-0.05, 0) is 33.8 Å². The molecule has 0 aromatic rings. The summed E-state index contributed by atoms with van der Waals surface area (Å²) in [4.78, 5) is 11.3. The molecular formula is C11H19NO3. The molecule has 0 aromatic carbocycles. The van der Waals surface area contributed by atoms with E-state index in [9.17, 15) is 9.90 Å². The predicted molar refractivity (Wildman–Crippen MR) is 58.5 cm³/mol. The zero-order valence-electron chi connectivity index (χ0n) is 9.70. The van der Waals surface area contributed by atoms with Crippen LogP contribution in [-0.4, -0.2) is 28.9 Å². The van der Waals surface area contributed by atoms with Gasteiger partial charge in [0.25, 0.3) is 0 Å². The lowest BCUT2D eigenvalue weighted by Gasteiger charge is -2.23. The third kappa shape index (κ3) is 6.77. The molecule has 4 nitrogen and oxygen atoms in total. The molecule has 0 aliphatic carbocycles. The number of aliphatic hydroxyl groups is 1. The smallest absolute Gasteiger partial charge is 0.407 e. The highest BCUT2D eigenvalue weighted by Gasteiger charge is 2.19. The molecule has 0 unspecified atom stereocenters. The minimum Gasteiger partial charge on any atom is -0.444 e. The number of rotatable bonds is 3. The van der Waals surface area contributed by atoms with E-state index in [0.717, 1.165) is 0 Å². The summed E-state index contributed by atoms with van der Waals surface area (Å²) < 4.78 is 5.03. The number of carbonyl (C=O) groups is 1. The summed E-state index contributed by atoms with van der Waals surface area (Å²) in [6.45, 7) is 10.3. The van der Waals surface area contributed by atoms with E-state index >= 15 is 0 Å². The summed E-state index contributed by atoms with van der Waals surface area (Å²) in [6.07, 6.45) is 0.0173. The first kappa shape index (κ1) is 13.8. The average molecular weight is 213 g/mol. The van der Waals surface area contributed by atoms with Crippen LogP contribution >= 0.6 is 0 Å². The van der Waals surface area contributed by atoms with Crippen molar-refractivity contribution >= 4 is 6.09 Å². The van der Waals surface area contributed by atoms with E-state index in [1.165, 1.54) is 6.08 Å². The third-order valence-corrected chi connectivity index (χ3v) is 1.55. The molecule has 0 saturated heterocycles. The van der Waals surface area contributed by atoms with Crippen molar-refractivity contribution in [3.63, 3.8) is 0 Å².